The van der Waals surface area contributed by atoms with Crippen molar-refractivity contribution in [3.8, 4) is 0 Å². The average Bonchev–Trinajstić information content (AvgIpc) is 2.90. The first-order chi connectivity index (χ1) is 8.26. The van der Waals surface area contributed by atoms with Crippen LogP contribution in [-0.4, -0.2) is 47.2 Å². The summed E-state index contributed by atoms with van der Waals surface area (Å²) in [4.78, 5) is 14.1. The minimum Gasteiger partial charge on any atom is -0.338 e. The van der Waals surface area contributed by atoms with Crippen LogP contribution in [0.15, 0.2) is 12.4 Å². The number of piperidine rings is 1. The molecule has 1 saturated heterocycles. The number of H-pyrrole nitrogens is 1. The molecule has 17 heavy (non-hydrogen) atoms. The van der Waals surface area contributed by atoms with Crippen molar-refractivity contribution in [3.05, 3.63) is 18.0 Å². The fraction of sp³-hybridized carbons (Fsp3) is 0.667. The molecule has 0 aromatic carbocycles. The summed E-state index contributed by atoms with van der Waals surface area (Å²) in [5.41, 5.74) is 0.655. The molecule has 5 nitrogen and oxygen atoms in total. The molecular weight excluding hydrogens is 216 g/mol. The second-order valence-electron chi connectivity index (χ2n) is 4.59. The Kier molecular flexibility index (Phi) is 3.78. The van der Waals surface area contributed by atoms with Gasteiger partial charge in [0.25, 0.3) is 5.91 Å². The number of nitrogens with one attached hydrogen (secondary N) is 2. The summed E-state index contributed by atoms with van der Waals surface area (Å²) in [7, 11) is 2.00. The topological polar surface area (TPSA) is 61.0 Å². The quantitative estimate of drug-likeness (QED) is 0.818. The number of hydrogen-bond acceptors (Lipinski definition) is 3. The van der Waals surface area contributed by atoms with E-state index in [4.69, 9.17) is 0 Å². The first kappa shape index (κ1) is 12.1. The van der Waals surface area contributed by atoms with Gasteiger partial charge in [-0.3, -0.25) is 9.89 Å². The number of aromatic amines is 1. The Morgan fingerprint density at radius 1 is 1.71 bits per heavy atom. The van der Waals surface area contributed by atoms with Gasteiger partial charge < -0.3 is 10.2 Å². The molecule has 5 heteroatoms. The van der Waals surface area contributed by atoms with Gasteiger partial charge >= 0.3 is 0 Å². The zero-order valence-corrected chi connectivity index (χ0v) is 10.4. The summed E-state index contributed by atoms with van der Waals surface area (Å²) in [5, 5.41) is 9.85. The van der Waals surface area contributed by atoms with Crippen LogP contribution in [0.25, 0.3) is 0 Å². The fourth-order valence-corrected chi connectivity index (χ4v) is 2.56. The Morgan fingerprint density at radius 3 is 3.12 bits per heavy atom. The lowest BCUT2D eigenvalue weighted by molar-refractivity contribution is 0.0632. The normalized spacial score (nSPS) is 24.9. The molecule has 0 saturated carbocycles. The van der Waals surface area contributed by atoms with Gasteiger partial charge in [0, 0.05) is 25.3 Å². The number of rotatable bonds is 3. The second-order valence-corrected chi connectivity index (χ2v) is 4.59. The van der Waals surface area contributed by atoms with Gasteiger partial charge in [0.05, 0.1) is 11.8 Å². The third kappa shape index (κ3) is 2.49. The van der Waals surface area contributed by atoms with E-state index >= 15 is 0 Å². The number of hydrogen-bond donors (Lipinski definition) is 2. The lowest BCUT2D eigenvalue weighted by Crippen LogP contribution is -2.50. The van der Waals surface area contributed by atoms with Crippen molar-refractivity contribution in [2.75, 3.05) is 20.1 Å². The van der Waals surface area contributed by atoms with E-state index in [-0.39, 0.29) is 5.91 Å². The predicted molar refractivity (Wildman–Crippen MR) is 65.7 cm³/mol. The van der Waals surface area contributed by atoms with Gasteiger partial charge in [0.1, 0.15) is 0 Å². The average molecular weight is 236 g/mol. The van der Waals surface area contributed by atoms with E-state index in [0.717, 1.165) is 25.9 Å². The van der Waals surface area contributed by atoms with Crippen molar-refractivity contribution in [1.29, 1.82) is 0 Å². The second kappa shape index (κ2) is 5.31. The molecule has 2 heterocycles. The Hall–Kier alpha value is -1.36. The van der Waals surface area contributed by atoms with Gasteiger partial charge in [-0.05, 0) is 19.4 Å². The zero-order chi connectivity index (χ0) is 12.3. The number of nitrogens with zero attached hydrogens (tertiary/aromatic N) is 2. The van der Waals surface area contributed by atoms with Crippen molar-refractivity contribution in [2.24, 2.45) is 5.92 Å². The van der Waals surface area contributed by atoms with Gasteiger partial charge in [-0.1, -0.05) is 13.3 Å². The lowest BCUT2D eigenvalue weighted by atomic mass is 9.90. The molecule has 1 aromatic rings. The molecule has 1 amide bonds. The highest BCUT2D eigenvalue weighted by molar-refractivity contribution is 5.93. The van der Waals surface area contributed by atoms with Crippen LogP contribution < -0.4 is 5.32 Å². The predicted octanol–water partition coefficient (Wildman–Crippen LogP) is 0.870. The van der Waals surface area contributed by atoms with Crippen LogP contribution in [0.5, 0.6) is 0 Å². The first-order valence-corrected chi connectivity index (χ1v) is 6.21. The highest BCUT2D eigenvalue weighted by Crippen LogP contribution is 2.21. The van der Waals surface area contributed by atoms with E-state index in [1.165, 1.54) is 0 Å². The van der Waals surface area contributed by atoms with Crippen molar-refractivity contribution < 1.29 is 4.79 Å². The maximum absolute atomic E-state index is 12.2. The summed E-state index contributed by atoms with van der Waals surface area (Å²) in [6.07, 6.45) is 5.38. The molecule has 2 rings (SSSR count). The van der Waals surface area contributed by atoms with E-state index in [2.05, 4.69) is 22.4 Å². The van der Waals surface area contributed by atoms with E-state index < -0.39 is 0 Å². The van der Waals surface area contributed by atoms with Gasteiger partial charge in [-0.15, -0.1) is 0 Å². The van der Waals surface area contributed by atoms with Crippen LogP contribution >= 0.6 is 0 Å². The summed E-state index contributed by atoms with van der Waals surface area (Å²) in [5.74, 6) is 0.636. The lowest BCUT2D eigenvalue weighted by Gasteiger charge is -2.38. The van der Waals surface area contributed by atoms with Gasteiger partial charge in [0.2, 0.25) is 0 Å². The van der Waals surface area contributed by atoms with Crippen molar-refractivity contribution in [1.82, 2.24) is 20.4 Å². The van der Waals surface area contributed by atoms with Gasteiger partial charge in [-0.2, -0.15) is 5.10 Å². The molecule has 0 radical (unpaired) electrons. The van der Waals surface area contributed by atoms with Crippen molar-refractivity contribution >= 4 is 5.91 Å². The van der Waals surface area contributed by atoms with E-state index in [0.29, 0.717) is 17.5 Å². The summed E-state index contributed by atoms with van der Waals surface area (Å²) in [6.45, 7) is 3.85. The van der Waals surface area contributed by atoms with Crippen LogP contribution in [-0.2, 0) is 0 Å². The molecule has 94 valence electrons. The maximum Gasteiger partial charge on any atom is 0.257 e. The van der Waals surface area contributed by atoms with E-state index in [9.17, 15) is 4.79 Å². The molecule has 0 spiro atoms. The molecule has 1 fully saturated rings. The third-order valence-corrected chi connectivity index (χ3v) is 3.66. The van der Waals surface area contributed by atoms with Crippen LogP contribution in [0, 0.1) is 5.92 Å². The molecule has 2 N–H and O–H groups in total. The summed E-state index contributed by atoms with van der Waals surface area (Å²) >= 11 is 0. The van der Waals surface area contributed by atoms with Crippen LogP contribution in [0.4, 0.5) is 0 Å². The molecule has 2 atom stereocenters. The highest BCUT2D eigenvalue weighted by atomic mass is 16.2. The minimum absolute atomic E-state index is 0.0896. The molecular formula is C12H20N4O. The molecule has 0 bridgehead atoms. The number of likely N-dealkylation sites (tertiary alicyclic amines) is 1. The van der Waals surface area contributed by atoms with Crippen molar-refractivity contribution in [3.63, 3.8) is 0 Å². The third-order valence-electron chi connectivity index (χ3n) is 3.66. The van der Waals surface area contributed by atoms with Crippen LogP contribution in [0.1, 0.15) is 30.1 Å². The largest absolute Gasteiger partial charge is 0.338 e. The first-order valence-electron chi connectivity index (χ1n) is 6.21. The molecule has 1 aromatic heterocycles. The number of aromatic nitrogens is 2. The number of amides is 1. The Balaban J connectivity index is 2.02. The Bertz CT molecular complexity index is 363. The zero-order valence-electron chi connectivity index (χ0n) is 10.4. The SMILES string of the molecule is CCC1CN(C(=O)c2cn[nH]c2)CCC1NC. The highest BCUT2D eigenvalue weighted by Gasteiger charge is 2.29. The molecule has 2 unspecified atom stereocenters. The minimum atomic E-state index is 0.0896. The smallest absolute Gasteiger partial charge is 0.257 e. The monoisotopic (exact) mass is 236 g/mol. The molecule has 0 aliphatic carbocycles. The van der Waals surface area contributed by atoms with Crippen LogP contribution in [0.2, 0.25) is 0 Å². The number of carbonyl (C=O) groups is 1. The van der Waals surface area contributed by atoms with Gasteiger partial charge in [0.15, 0.2) is 0 Å². The van der Waals surface area contributed by atoms with Crippen LogP contribution in [0.3, 0.4) is 0 Å². The number of carbonyl (C=O) groups excluding carboxylic acids is 1. The fourth-order valence-electron chi connectivity index (χ4n) is 2.56. The summed E-state index contributed by atoms with van der Waals surface area (Å²) < 4.78 is 0. The van der Waals surface area contributed by atoms with E-state index in [1.54, 1.807) is 12.4 Å². The van der Waals surface area contributed by atoms with E-state index in [1.807, 2.05) is 11.9 Å². The molecule has 1 aliphatic rings. The molecule has 1 aliphatic heterocycles. The van der Waals surface area contributed by atoms with Crippen molar-refractivity contribution in [2.45, 2.75) is 25.8 Å². The standard InChI is InChI=1S/C12H20N4O/c1-3-9-8-16(5-4-11(9)13-2)12(17)10-6-14-15-7-10/h6-7,9,11,13H,3-5,8H2,1-2H3,(H,14,15). The maximum atomic E-state index is 12.2. The van der Waals surface area contributed by atoms with Gasteiger partial charge in [-0.25, -0.2) is 0 Å². The Labute approximate surface area is 102 Å². The Morgan fingerprint density at radius 2 is 2.53 bits per heavy atom. The summed E-state index contributed by atoms with van der Waals surface area (Å²) in [6, 6.07) is 0.536.